The lowest BCUT2D eigenvalue weighted by molar-refractivity contribution is -0.170. The predicted molar refractivity (Wildman–Crippen MR) is 126 cm³/mol. The Bertz CT molecular complexity index is 1010. The van der Waals surface area contributed by atoms with Crippen LogP contribution in [0.15, 0.2) is 53.7 Å². The highest BCUT2D eigenvalue weighted by atomic mass is 19.4. The summed E-state index contributed by atoms with van der Waals surface area (Å²) in [5.41, 5.74) is 4.72. The van der Waals surface area contributed by atoms with E-state index < -0.39 is 28.9 Å². The standard InChI is InChI=1S/C25H32F3N3O4/c1-23(2,3)35-21(32)24(4,5)34-20-12-8-17(9-13-20)14-15-31(22(29)30-33)16-18-6-10-19(11-7-18)25(26,27)28/h6-13,33H,14-16H2,1-5H3,(H2,29,30). The van der Waals surface area contributed by atoms with Crippen LogP contribution in [0.1, 0.15) is 51.3 Å². The molecule has 192 valence electrons. The summed E-state index contributed by atoms with van der Waals surface area (Å²) in [6.07, 6.45) is -3.91. The van der Waals surface area contributed by atoms with Gasteiger partial charge in [-0.3, -0.25) is 0 Å². The van der Waals surface area contributed by atoms with Gasteiger partial charge in [0, 0.05) is 13.1 Å². The number of carbonyl (C=O) groups is 1. The van der Waals surface area contributed by atoms with Crippen molar-refractivity contribution in [3.05, 3.63) is 65.2 Å². The van der Waals surface area contributed by atoms with Crippen molar-refractivity contribution in [2.24, 2.45) is 10.9 Å². The molecule has 0 saturated heterocycles. The van der Waals surface area contributed by atoms with Crippen molar-refractivity contribution < 1.29 is 32.6 Å². The number of guanidine groups is 1. The van der Waals surface area contributed by atoms with E-state index in [2.05, 4.69) is 5.16 Å². The first-order valence-electron chi connectivity index (χ1n) is 11.0. The maximum Gasteiger partial charge on any atom is 0.416 e. The number of hydrogen-bond donors (Lipinski definition) is 2. The number of halogens is 3. The Morgan fingerprint density at radius 3 is 2.00 bits per heavy atom. The fraction of sp³-hybridized carbons (Fsp3) is 0.440. The second-order valence-corrected chi connectivity index (χ2v) is 9.58. The summed E-state index contributed by atoms with van der Waals surface area (Å²) in [5, 5.41) is 12.1. The SMILES string of the molecule is CC(C)(C)OC(=O)C(C)(C)Oc1ccc(CCN(Cc2ccc(C(F)(F)F)cc2)/C(N)=N/O)cc1. The quantitative estimate of drug-likeness (QED) is 0.177. The fourth-order valence-corrected chi connectivity index (χ4v) is 3.08. The van der Waals surface area contributed by atoms with E-state index in [9.17, 15) is 18.0 Å². The minimum atomic E-state index is -4.41. The minimum absolute atomic E-state index is 0.149. The van der Waals surface area contributed by atoms with Gasteiger partial charge in [-0.25, -0.2) is 4.79 Å². The summed E-state index contributed by atoms with van der Waals surface area (Å²) >= 11 is 0. The number of benzene rings is 2. The summed E-state index contributed by atoms with van der Waals surface area (Å²) in [6.45, 7) is 9.12. The molecule has 3 N–H and O–H groups in total. The largest absolute Gasteiger partial charge is 0.476 e. The zero-order valence-corrected chi connectivity index (χ0v) is 20.5. The molecular formula is C25H32F3N3O4. The molecule has 10 heteroatoms. The van der Waals surface area contributed by atoms with E-state index >= 15 is 0 Å². The van der Waals surface area contributed by atoms with E-state index in [1.807, 2.05) is 12.1 Å². The van der Waals surface area contributed by atoms with E-state index in [1.54, 1.807) is 51.7 Å². The lowest BCUT2D eigenvalue weighted by Gasteiger charge is -2.29. The van der Waals surface area contributed by atoms with E-state index in [1.165, 1.54) is 12.1 Å². The summed E-state index contributed by atoms with van der Waals surface area (Å²) < 4.78 is 49.6. The van der Waals surface area contributed by atoms with Crippen LogP contribution in [0.4, 0.5) is 13.2 Å². The highest BCUT2D eigenvalue weighted by Crippen LogP contribution is 2.29. The molecule has 2 rings (SSSR count). The molecule has 0 heterocycles. The zero-order valence-electron chi connectivity index (χ0n) is 20.5. The number of nitrogens with zero attached hydrogens (tertiary/aromatic N) is 2. The van der Waals surface area contributed by atoms with Gasteiger partial charge in [-0.2, -0.15) is 13.2 Å². The van der Waals surface area contributed by atoms with Gasteiger partial charge in [-0.15, -0.1) is 0 Å². The van der Waals surface area contributed by atoms with Crippen molar-refractivity contribution in [2.75, 3.05) is 6.54 Å². The van der Waals surface area contributed by atoms with E-state index in [0.717, 1.165) is 17.7 Å². The normalized spacial score (nSPS) is 12.9. The highest BCUT2D eigenvalue weighted by Gasteiger charge is 2.34. The Balaban J connectivity index is 2.01. The third kappa shape index (κ3) is 8.70. The molecule has 0 atom stereocenters. The number of ether oxygens (including phenoxy) is 2. The number of hydrogen-bond acceptors (Lipinski definition) is 5. The minimum Gasteiger partial charge on any atom is -0.476 e. The third-order valence-corrected chi connectivity index (χ3v) is 4.94. The Morgan fingerprint density at radius 2 is 1.51 bits per heavy atom. The number of nitrogens with two attached hydrogens (primary N) is 1. The maximum absolute atomic E-state index is 12.8. The van der Waals surface area contributed by atoms with Crippen LogP contribution in [0.3, 0.4) is 0 Å². The maximum atomic E-state index is 12.8. The van der Waals surface area contributed by atoms with Crippen molar-refractivity contribution in [3.63, 3.8) is 0 Å². The van der Waals surface area contributed by atoms with E-state index in [4.69, 9.17) is 20.4 Å². The van der Waals surface area contributed by atoms with Gasteiger partial charge in [0.2, 0.25) is 5.96 Å². The fourth-order valence-electron chi connectivity index (χ4n) is 3.08. The monoisotopic (exact) mass is 495 g/mol. The first kappa shape index (κ1) is 27.8. The first-order valence-corrected chi connectivity index (χ1v) is 11.0. The number of carbonyl (C=O) groups excluding carboxylic acids is 1. The van der Waals surface area contributed by atoms with Crippen LogP contribution in [-0.4, -0.2) is 39.8 Å². The molecule has 0 spiro atoms. The Kier molecular flexibility index (Phi) is 8.64. The first-order chi connectivity index (χ1) is 16.1. The molecule has 2 aromatic rings. The van der Waals surface area contributed by atoms with Crippen LogP contribution in [-0.2, 0) is 28.7 Å². The Labute approximate surface area is 203 Å². The lowest BCUT2D eigenvalue weighted by atomic mass is 10.1. The Hall–Kier alpha value is -3.43. The van der Waals surface area contributed by atoms with Crippen molar-refractivity contribution in [2.45, 2.75) is 65.0 Å². The van der Waals surface area contributed by atoms with Crippen LogP contribution >= 0.6 is 0 Å². The summed E-state index contributed by atoms with van der Waals surface area (Å²) in [5.74, 6) is -0.140. The van der Waals surface area contributed by atoms with Crippen LogP contribution in [0.25, 0.3) is 0 Å². The molecule has 0 aliphatic rings. The molecule has 0 aliphatic carbocycles. The van der Waals surface area contributed by atoms with Crippen molar-refractivity contribution in [1.82, 2.24) is 4.90 Å². The highest BCUT2D eigenvalue weighted by molar-refractivity contribution is 5.79. The van der Waals surface area contributed by atoms with Crippen LogP contribution in [0.5, 0.6) is 5.75 Å². The van der Waals surface area contributed by atoms with Gasteiger partial charge in [-0.05, 0) is 76.4 Å². The van der Waals surface area contributed by atoms with E-state index in [0.29, 0.717) is 24.3 Å². The van der Waals surface area contributed by atoms with Gasteiger partial charge >= 0.3 is 12.1 Å². The molecule has 0 amide bonds. The van der Waals surface area contributed by atoms with Crippen molar-refractivity contribution >= 4 is 11.9 Å². The third-order valence-electron chi connectivity index (χ3n) is 4.94. The van der Waals surface area contributed by atoms with Crippen LogP contribution < -0.4 is 10.5 Å². The van der Waals surface area contributed by atoms with Gasteiger partial charge in [-0.1, -0.05) is 29.4 Å². The molecule has 2 aromatic carbocycles. The topological polar surface area (TPSA) is 97.4 Å². The lowest BCUT2D eigenvalue weighted by Crippen LogP contribution is -2.43. The Morgan fingerprint density at radius 1 is 0.971 bits per heavy atom. The molecule has 0 radical (unpaired) electrons. The molecule has 0 fully saturated rings. The number of rotatable bonds is 8. The number of oxime groups is 1. The van der Waals surface area contributed by atoms with Crippen LogP contribution in [0, 0.1) is 0 Å². The smallest absolute Gasteiger partial charge is 0.416 e. The van der Waals surface area contributed by atoms with Gasteiger partial charge in [0.05, 0.1) is 5.56 Å². The second kappa shape index (κ2) is 10.9. The second-order valence-electron chi connectivity index (χ2n) is 9.58. The molecule has 0 aromatic heterocycles. The van der Waals surface area contributed by atoms with Crippen molar-refractivity contribution in [1.29, 1.82) is 0 Å². The van der Waals surface area contributed by atoms with Gasteiger partial charge in [0.25, 0.3) is 0 Å². The average Bonchev–Trinajstić information content (AvgIpc) is 2.75. The van der Waals surface area contributed by atoms with Gasteiger partial charge in [0.1, 0.15) is 11.4 Å². The molecular weight excluding hydrogens is 463 g/mol. The van der Waals surface area contributed by atoms with Gasteiger partial charge in [0.15, 0.2) is 5.60 Å². The molecule has 35 heavy (non-hydrogen) atoms. The van der Waals surface area contributed by atoms with Crippen LogP contribution in [0.2, 0.25) is 0 Å². The van der Waals surface area contributed by atoms with Gasteiger partial charge < -0.3 is 25.3 Å². The van der Waals surface area contributed by atoms with Crippen molar-refractivity contribution in [3.8, 4) is 5.75 Å². The molecule has 0 bridgehead atoms. The number of esters is 1. The summed E-state index contributed by atoms with van der Waals surface area (Å²) in [4.78, 5) is 13.9. The van der Waals surface area contributed by atoms with E-state index in [-0.39, 0.29) is 12.5 Å². The molecule has 0 saturated carbocycles. The molecule has 0 unspecified atom stereocenters. The number of alkyl halides is 3. The summed E-state index contributed by atoms with van der Waals surface area (Å²) in [6, 6.07) is 11.8. The zero-order chi connectivity index (χ0) is 26.4. The molecule has 0 aliphatic heterocycles. The average molecular weight is 496 g/mol. The summed E-state index contributed by atoms with van der Waals surface area (Å²) in [7, 11) is 0. The molecule has 7 nitrogen and oxygen atoms in total. The predicted octanol–water partition coefficient (Wildman–Crippen LogP) is 4.95.